The number of carbonyl (C=O) groups is 2. The van der Waals surface area contributed by atoms with E-state index in [1.165, 1.54) is 30.9 Å². The van der Waals surface area contributed by atoms with Crippen molar-refractivity contribution in [3.05, 3.63) is 81.4 Å². The summed E-state index contributed by atoms with van der Waals surface area (Å²) in [5.41, 5.74) is 15.5. The molecule has 172 valence electrons. The average molecular weight is 466 g/mol. The minimum Gasteiger partial charge on any atom is -0.465 e. The van der Waals surface area contributed by atoms with Gasteiger partial charge in [0, 0.05) is 18.2 Å². The molecule has 0 spiro atoms. The van der Waals surface area contributed by atoms with E-state index in [4.69, 9.17) is 16.2 Å². The maximum absolute atomic E-state index is 11.7. The number of nitrogens with two attached hydrogens (primary N) is 2. The number of aryl methyl sites for hydroxylation is 2. The molecule has 1 aromatic heterocycles. The predicted octanol–water partition coefficient (Wildman–Crippen LogP) is 3.04. The first-order valence-corrected chi connectivity index (χ1v) is 11.2. The third-order valence-corrected chi connectivity index (χ3v) is 5.93. The molecule has 2 aromatic carbocycles. The molecule has 0 saturated heterocycles. The minimum absolute atomic E-state index is 0.0741. The van der Waals surface area contributed by atoms with Gasteiger partial charge >= 0.3 is 5.97 Å². The van der Waals surface area contributed by atoms with Gasteiger partial charge in [-0.15, -0.1) is 11.3 Å². The van der Waals surface area contributed by atoms with E-state index in [1.807, 2.05) is 24.3 Å². The second-order valence-electron chi connectivity index (χ2n) is 7.49. The Labute approximate surface area is 196 Å². The predicted molar refractivity (Wildman–Crippen MR) is 130 cm³/mol. The number of benzene rings is 2. The van der Waals surface area contributed by atoms with Gasteiger partial charge < -0.3 is 21.5 Å². The van der Waals surface area contributed by atoms with E-state index in [0.717, 1.165) is 34.5 Å². The Balaban J connectivity index is 1.72. The van der Waals surface area contributed by atoms with Crippen LogP contribution >= 0.6 is 11.3 Å². The SMILES string of the molecule is COC(=O)c1ccc(Cc2sc(NC(C)=O)nc2CCc2ccc(CN=C(N)N)cc2)cc1. The largest absolute Gasteiger partial charge is 0.465 e. The number of carbonyl (C=O) groups excluding carboxylic acids is 2. The first-order valence-electron chi connectivity index (χ1n) is 10.4. The van der Waals surface area contributed by atoms with Gasteiger partial charge in [0.1, 0.15) is 0 Å². The maximum Gasteiger partial charge on any atom is 0.337 e. The standard InChI is InChI=1S/C24H27N5O3S/c1-15(30)28-24-29-20(12-9-16-3-5-18(6-4-16)14-27-23(25)26)21(33-24)13-17-7-10-19(11-8-17)22(31)32-2/h3-8,10-11H,9,12-14H2,1-2H3,(H4,25,26,27)(H,28,29,30). The molecule has 0 aliphatic carbocycles. The number of thiazole rings is 1. The maximum atomic E-state index is 11.7. The Morgan fingerprint density at radius 2 is 1.64 bits per heavy atom. The smallest absolute Gasteiger partial charge is 0.337 e. The molecule has 3 aromatic rings. The summed E-state index contributed by atoms with van der Waals surface area (Å²) in [4.78, 5) is 32.9. The van der Waals surface area contributed by atoms with Gasteiger partial charge in [-0.05, 0) is 41.7 Å². The van der Waals surface area contributed by atoms with E-state index in [-0.39, 0.29) is 17.8 Å². The quantitative estimate of drug-likeness (QED) is 0.253. The van der Waals surface area contributed by atoms with E-state index < -0.39 is 0 Å². The van der Waals surface area contributed by atoms with Crippen molar-refractivity contribution in [2.24, 2.45) is 16.5 Å². The van der Waals surface area contributed by atoms with Crippen molar-refractivity contribution in [1.82, 2.24) is 4.98 Å². The van der Waals surface area contributed by atoms with Crippen molar-refractivity contribution >= 4 is 34.3 Å². The lowest BCUT2D eigenvalue weighted by Crippen LogP contribution is -2.22. The van der Waals surface area contributed by atoms with Crippen LogP contribution in [0.2, 0.25) is 0 Å². The highest BCUT2D eigenvalue weighted by Crippen LogP contribution is 2.27. The highest BCUT2D eigenvalue weighted by Gasteiger charge is 2.14. The fourth-order valence-electron chi connectivity index (χ4n) is 3.24. The molecule has 5 N–H and O–H groups in total. The van der Waals surface area contributed by atoms with Crippen LogP contribution in [0.1, 0.15) is 44.5 Å². The highest BCUT2D eigenvalue weighted by molar-refractivity contribution is 7.15. The van der Waals surface area contributed by atoms with Crippen LogP contribution in [-0.2, 0) is 35.3 Å². The number of anilines is 1. The number of nitrogens with one attached hydrogen (secondary N) is 1. The summed E-state index contributed by atoms with van der Waals surface area (Å²) in [5, 5.41) is 3.38. The lowest BCUT2D eigenvalue weighted by atomic mass is 10.0. The van der Waals surface area contributed by atoms with E-state index >= 15 is 0 Å². The monoisotopic (exact) mass is 465 g/mol. The van der Waals surface area contributed by atoms with Gasteiger partial charge in [0.05, 0.1) is 24.9 Å². The Morgan fingerprint density at radius 1 is 1.00 bits per heavy atom. The van der Waals surface area contributed by atoms with Gasteiger partial charge in [0.15, 0.2) is 11.1 Å². The molecule has 33 heavy (non-hydrogen) atoms. The number of esters is 1. The van der Waals surface area contributed by atoms with Crippen LogP contribution in [0.15, 0.2) is 53.5 Å². The highest BCUT2D eigenvalue weighted by atomic mass is 32.1. The molecule has 0 radical (unpaired) electrons. The van der Waals surface area contributed by atoms with Crippen LogP contribution in [0.25, 0.3) is 0 Å². The van der Waals surface area contributed by atoms with Gasteiger partial charge in [-0.1, -0.05) is 36.4 Å². The number of methoxy groups -OCH3 is 1. The molecule has 8 nitrogen and oxygen atoms in total. The minimum atomic E-state index is -0.364. The van der Waals surface area contributed by atoms with Crippen molar-refractivity contribution in [3.63, 3.8) is 0 Å². The molecule has 1 amide bonds. The molecular weight excluding hydrogens is 438 g/mol. The summed E-state index contributed by atoms with van der Waals surface area (Å²) >= 11 is 1.47. The van der Waals surface area contributed by atoms with Gasteiger partial charge in [-0.2, -0.15) is 0 Å². The van der Waals surface area contributed by atoms with Gasteiger partial charge in [0.25, 0.3) is 0 Å². The average Bonchev–Trinajstić information content (AvgIpc) is 3.17. The lowest BCUT2D eigenvalue weighted by molar-refractivity contribution is -0.114. The van der Waals surface area contributed by atoms with E-state index in [9.17, 15) is 9.59 Å². The second kappa shape index (κ2) is 11.2. The molecule has 0 atom stereocenters. The Morgan fingerprint density at radius 3 is 2.24 bits per heavy atom. The first-order chi connectivity index (χ1) is 15.8. The number of ether oxygens (including phenoxy) is 1. The Kier molecular flexibility index (Phi) is 8.15. The number of aliphatic imine (C=N–C) groups is 1. The summed E-state index contributed by atoms with van der Waals surface area (Å²) < 4.78 is 4.75. The second-order valence-corrected chi connectivity index (χ2v) is 8.58. The molecule has 0 saturated carbocycles. The van der Waals surface area contributed by atoms with Crippen LogP contribution < -0.4 is 16.8 Å². The van der Waals surface area contributed by atoms with Gasteiger partial charge in [0.2, 0.25) is 5.91 Å². The van der Waals surface area contributed by atoms with Crippen molar-refractivity contribution in [3.8, 4) is 0 Å². The number of nitrogens with zero attached hydrogens (tertiary/aromatic N) is 2. The summed E-state index contributed by atoms with van der Waals surface area (Å²) in [6.07, 6.45) is 2.20. The number of guanidine groups is 1. The number of amides is 1. The zero-order valence-electron chi connectivity index (χ0n) is 18.6. The Bertz CT molecular complexity index is 1130. The number of rotatable bonds is 9. The molecule has 0 fully saturated rings. The fraction of sp³-hybridized carbons (Fsp3) is 0.250. The van der Waals surface area contributed by atoms with E-state index in [2.05, 4.69) is 27.4 Å². The normalized spacial score (nSPS) is 10.5. The number of aromatic nitrogens is 1. The van der Waals surface area contributed by atoms with Crippen LogP contribution in [0.4, 0.5) is 5.13 Å². The van der Waals surface area contributed by atoms with Crippen LogP contribution in [0, 0.1) is 0 Å². The van der Waals surface area contributed by atoms with Crippen molar-refractivity contribution < 1.29 is 14.3 Å². The molecule has 0 unspecified atom stereocenters. The summed E-state index contributed by atoms with van der Waals surface area (Å²) in [7, 11) is 1.36. The molecule has 0 aliphatic heterocycles. The van der Waals surface area contributed by atoms with Crippen LogP contribution in [0.3, 0.4) is 0 Å². The van der Waals surface area contributed by atoms with E-state index in [1.54, 1.807) is 12.1 Å². The van der Waals surface area contributed by atoms with Crippen LogP contribution in [0.5, 0.6) is 0 Å². The third kappa shape index (κ3) is 7.15. The zero-order chi connectivity index (χ0) is 23.8. The number of hydrogen-bond acceptors (Lipinski definition) is 6. The summed E-state index contributed by atoms with van der Waals surface area (Å²) in [6, 6.07) is 15.5. The molecule has 0 aliphatic rings. The number of hydrogen-bond donors (Lipinski definition) is 3. The van der Waals surface area contributed by atoms with Crippen LogP contribution in [-0.4, -0.2) is 29.9 Å². The topological polar surface area (TPSA) is 133 Å². The van der Waals surface area contributed by atoms with E-state index in [0.29, 0.717) is 23.7 Å². The summed E-state index contributed by atoms with van der Waals surface area (Å²) in [5.74, 6) is -0.442. The molecular formula is C24H27N5O3S. The molecule has 9 heteroatoms. The van der Waals surface area contributed by atoms with Gasteiger partial charge in [-0.25, -0.2) is 14.8 Å². The fourth-order valence-corrected chi connectivity index (χ4v) is 4.33. The van der Waals surface area contributed by atoms with Gasteiger partial charge in [-0.3, -0.25) is 4.79 Å². The molecule has 0 bridgehead atoms. The zero-order valence-corrected chi connectivity index (χ0v) is 19.4. The first kappa shape index (κ1) is 23.9. The molecule has 3 rings (SSSR count). The Hall–Kier alpha value is -3.72. The summed E-state index contributed by atoms with van der Waals surface area (Å²) in [6.45, 7) is 1.92. The molecule has 1 heterocycles. The van der Waals surface area contributed by atoms with Crippen molar-refractivity contribution in [1.29, 1.82) is 0 Å². The lowest BCUT2D eigenvalue weighted by Gasteiger charge is -2.05. The van der Waals surface area contributed by atoms with Crippen molar-refractivity contribution in [2.45, 2.75) is 32.7 Å². The van der Waals surface area contributed by atoms with Crippen molar-refractivity contribution in [2.75, 3.05) is 12.4 Å². The third-order valence-electron chi connectivity index (χ3n) is 4.92.